The number of benzene rings is 3. The topological polar surface area (TPSA) is 85.9 Å². The van der Waals surface area contributed by atoms with Crippen LogP contribution >= 0.6 is 0 Å². The van der Waals surface area contributed by atoms with Crippen LogP contribution in [0.2, 0.25) is 0 Å². The third-order valence-electron chi connectivity index (χ3n) is 7.52. The van der Waals surface area contributed by atoms with Crippen molar-refractivity contribution in [2.24, 2.45) is 0 Å². The number of methoxy groups -OCH3 is 3. The van der Waals surface area contributed by atoms with Gasteiger partial charge in [0, 0.05) is 46.1 Å². The first-order chi connectivity index (χ1) is 19.3. The molecule has 206 valence electrons. The molecule has 1 amide bonds. The minimum absolute atomic E-state index is 0.123. The van der Waals surface area contributed by atoms with Crippen molar-refractivity contribution >= 4 is 17.4 Å². The normalized spacial score (nSPS) is 18.6. The van der Waals surface area contributed by atoms with Crippen molar-refractivity contribution in [2.45, 2.75) is 31.6 Å². The minimum atomic E-state index is -0.852. The molecule has 1 heterocycles. The van der Waals surface area contributed by atoms with Gasteiger partial charge in [0.25, 0.3) is 5.91 Å². The number of amides is 1. The van der Waals surface area contributed by atoms with E-state index in [1.807, 2.05) is 18.2 Å². The first kappa shape index (κ1) is 27.0. The van der Waals surface area contributed by atoms with E-state index in [2.05, 4.69) is 10.6 Å². The third-order valence-corrected chi connectivity index (χ3v) is 7.52. The van der Waals surface area contributed by atoms with Gasteiger partial charge in [-0.15, -0.1) is 0 Å². The SMILES string of the molecule is COc1ccc(NC(=O)C2=C(C)NC3=C(C(=O)C[C@@H](c4ccc(OC)c(OC)c4)C3)[C@@H]2c2ccccc2F)cc1. The second-order valence-electron chi connectivity index (χ2n) is 9.84. The molecule has 0 saturated carbocycles. The molecule has 0 aromatic heterocycles. The smallest absolute Gasteiger partial charge is 0.254 e. The number of ketones is 1. The Bertz CT molecular complexity index is 1530. The largest absolute Gasteiger partial charge is 0.497 e. The molecule has 0 radical (unpaired) electrons. The fourth-order valence-electron chi connectivity index (χ4n) is 5.58. The van der Waals surface area contributed by atoms with Crippen molar-refractivity contribution in [2.75, 3.05) is 26.6 Å². The Morgan fingerprint density at radius 1 is 0.925 bits per heavy atom. The number of dihydropyridines is 1. The molecule has 1 aliphatic carbocycles. The van der Waals surface area contributed by atoms with E-state index in [1.165, 1.54) is 6.07 Å². The van der Waals surface area contributed by atoms with E-state index in [0.717, 1.165) is 5.56 Å². The highest BCUT2D eigenvalue weighted by atomic mass is 19.1. The molecule has 2 aliphatic rings. The van der Waals surface area contributed by atoms with Gasteiger partial charge in [0.2, 0.25) is 0 Å². The summed E-state index contributed by atoms with van der Waals surface area (Å²) in [6, 6.07) is 18.9. The number of hydrogen-bond acceptors (Lipinski definition) is 6. The first-order valence-electron chi connectivity index (χ1n) is 13.0. The zero-order chi connectivity index (χ0) is 28.4. The molecular weight excluding hydrogens is 511 g/mol. The fraction of sp³-hybridized carbons (Fsp3) is 0.250. The maximum atomic E-state index is 15.3. The summed E-state index contributed by atoms with van der Waals surface area (Å²) in [5, 5.41) is 6.24. The standard InChI is InChI=1S/C32H31FN2O5/c1-18-29(32(37)35-21-10-12-22(38-2)13-11-21)30(23-7-5-6-8-24(23)33)31-25(34-18)15-20(16-26(31)36)19-9-14-27(39-3)28(17-19)40-4/h5-14,17,20,30,34H,15-16H2,1-4H3,(H,35,37)/t20-,30+/m0/s1. The molecule has 0 unspecified atom stereocenters. The van der Waals surface area contributed by atoms with E-state index < -0.39 is 17.6 Å². The van der Waals surface area contributed by atoms with E-state index in [9.17, 15) is 9.59 Å². The van der Waals surface area contributed by atoms with Crippen LogP contribution in [-0.4, -0.2) is 33.0 Å². The van der Waals surface area contributed by atoms with Crippen LogP contribution in [0.25, 0.3) is 0 Å². The number of halogens is 1. The van der Waals surface area contributed by atoms with Crippen molar-refractivity contribution in [1.82, 2.24) is 5.32 Å². The average molecular weight is 543 g/mol. The Morgan fingerprint density at radius 3 is 2.33 bits per heavy atom. The van der Waals surface area contributed by atoms with Crippen molar-refractivity contribution in [3.05, 3.63) is 106 Å². The second-order valence-corrected chi connectivity index (χ2v) is 9.84. The first-order valence-corrected chi connectivity index (χ1v) is 13.0. The van der Waals surface area contributed by atoms with Gasteiger partial charge in [0.05, 0.1) is 21.3 Å². The summed E-state index contributed by atoms with van der Waals surface area (Å²) in [7, 11) is 4.71. The number of Topliss-reactive ketones (excluding diaryl/α,β-unsaturated/α-hetero) is 1. The number of hydrogen-bond donors (Lipinski definition) is 2. The highest BCUT2D eigenvalue weighted by molar-refractivity contribution is 6.10. The highest BCUT2D eigenvalue weighted by Crippen LogP contribution is 2.47. The van der Waals surface area contributed by atoms with Gasteiger partial charge in [-0.25, -0.2) is 4.39 Å². The number of anilines is 1. The molecule has 8 heteroatoms. The molecule has 1 aliphatic heterocycles. The van der Waals surface area contributed by atoms with Gasteiger partial charge in [-0.2, -0.15) is 0 Å². The van der Waals surface area contributed by atoms with Crippen LogP contribution in [-0.2, 0) is 9.59 Å². The van der Waals surface area contributed by atoms with Gasteiger partial charge >= 0.3 is 0 Å². The highest BCUT2D eigenvalue weighted by Gasteiger charge is 2.42. The molecule has 0 bridgehead atoms. The van der Waals surface area contributed by atoms with E-state index in [-0.39, 0.29) is 23.7 Å². The summed E-state index contributed by atoms with van der Waals surface area (Å²) in [6.07, 6.45) is 0.736. The summed E-state index contributed by atoms with van der Waals surface area (Å²) in [5.41, 5.74) is 3.77. The molecule has 3 aromatic rings. The number of nitrogens with one attached hydrogen (secondary N) is 2. The average Bonchev–Trinajstić information content (AvgIpc) is 2.96. The zero-order valence-electron chi connectivity index (χ0n) is 22.8. The molecule has 5 rings (SSSR count). The summed E-state index contributed by atoms with van der Waals surface area (Å²) in [4.78, 5) is 27.5. The molecule has 40 heavy (non-hydrogen) atoms. The third kappa shape index (κ3) is 5.04. The molecule has 7 nitrogen and oxygen atoms in total. The summed E-state index contributed by atoms with van der Waals surface area (Å²) in [5.74, 6) is -0.149. The quantitative estimate of drug-likeness (QED) is 0.390. The fourth-order valence-corrected chi connectivity index (χ4v) is 5.58. The Balaban J connectivity index is 1.53. The maximum absolute atomic E-state index is 15.3. The lowest BCUT2D eigenvalue weighted by atomic mass is 9.71. The van der Waals surface area contributed by atoms with Gasteiger partial charge in [-0.05, 0) is 67.3 Å². The van der Waals surface area contributed by atoms with E-state index >= 15 is 4.39 Å². The number of rotatable bonds is 7. The number of allylic oxidation sites excluding steroid dienone is 3. The van der Waals surface area contributed by atoms with Crippen LogP contribution in [0.1, 0.15) is 42.7 Å². The van der Waals surface area contributed by atoms with Crippen LogP contribution in [0, 0.1) is 5.82 Å². The van der Waals surface area contributed by atoms with Gasteiger partial charge in [0.15, 0.2) is 17.3 Å². The lowest BCUT2D eigenvalue weighted by Crippen LogP contribution is -2.37. The minimum Gasteiger partial charge on any atom is -0.497 e. The summed E-state index contributed by atoms with van der Waals surface area (Å²) < 4.78 is 31.3. The number of carbonyl (C=O) groups excluding carboxylic acids is 2. The Hall–Kier alpha value is -4.59. The molecule has 0 saturated heterocycles. The van der Waals surface area contributed by atoms with Gasteiger partial charge in [0.1, 0.15) is 11.6 Å². The zero-order valence-corrected chi connectivity index (χ0v) is 22.8. The van der Waals surface area contributed by atoms with E-state index in [1.54, 1.807) is 70.7 Å². The maximum Gasteiger partial charge on any atom is 0.254 e. The summed E-state index contributed by atoms with van der Waals surface area (Å²) in [6.45, 7) is 1.78. The van der Waals surface area contributed by atoms with Gasteiger partial charge in [-0.1, -0.05) is 24.3 Å². The second kappa shape index (κ2) is 11.3. The monoisotopic (exact) mass is 542 g/mol. The predicted molar refractivity (Wildman–Crippen MR) is 150 cm³/mol. The molecule has 0 fully saturated rings. The molecular formula is C32H31FN2O5. The van der Waals surface area contributed by atoms with Crippen LogP contribution < -0.4 is 24.8 Å². The van der Waals surface area contributed by atoms with Crippen LogP contribution in [0.3, 0.4) is 0 Å². The molecule has 2 atom stereocenters. The molecule has 2 N–H and O–H groups in total. The van der Waals surface area contributed by atoms with E-state index in [0.29, 0.717) is 51.9 Å². The molecule has 3 aromatic carbocycles. The van der Waals surface area contributed by atoms with Crippen molar-refractivity contribution in [3.8, 4) is 17.2 Å². The Labute approximate surface area is 232 Å². The van der Waals surface area contributed by atoms with Gasteiger partial charge in [-0.3, -0.25) is 9.59 Å². The Morgan fingerprint density at radius 2 is 1.65 bits per heavy atom. The van der Waals surface area contributed by atoms with Crippen molar-refractivity contribution in [1.29, 1.82) is 0 Å². The van der Waals surface area contributed by atoms with Crippen LogP contribution in [0.5, 0.6) is 17.2 Å². The lowest BCUT2D eigenvalue weighted by Gasteiger charge is -2.37. The number of carbonyl (C=O) groups is 2. The molecule has 0 spiro atoms. The predicted octanol–water partition coefficient (Wildman–Crippen LogP) is 5.85. The summed E-state index contributed by atoms with van der Waals surface area (Å²) >= 11 is 0. The number of ether oxygens (including phenoxy) is 3. The van der Waals surface area contributed by atoms with Crippen LogP contribution in [0.4, 0.5) is 10.1 Å². The van der Waals surface area contributed by atoms with Crippen LogP contribution in [0.15, 0.2) is 89.3 Å². The van der Waals surface area contributed by atoms with Crippen molar-refractivity contribution in [3.63, 3.8) is 0 Å². The lowest BCUT2D eigenvalue weighted by molar-refractivity contribution is -0.116. The van der Waals surface area contributed by atoms with Gasteiger partial charge < -0.3 is 24.8 Å². The Kier molecular flexibility index (Phi) is 7.60. The van der Waals surface area contributed by atoms with Crippen molar-refractivity contribution < 1.29 is 28.2 Å². The van der Waals surface area contributed by atoms with E-state index in [4.69, 9.17) is 14.2 Å².